The van der Waals surface area contributed by atoms with E-state index in [4.69, 9.17) is 0 Å². The maximum Gasteiger partial charge on any atom is 0.158 e. The van der Waals surface area contributed by atoms with Gasteiger partial charge in [-0.25, -0.2) is 9.37 Å². The SMILES string of the molecule is Cc1cn2cc(-c3cc(F)c4cc(C5CCCCC5)nnc4c3)nc2c(C)n1. The second-order valence-electron chi connectivity index (χ2n) is 7.82. The number of rotatable bonds is 2. The number of hydrogen-bond donors (Lipinski definition) is 0. The largest absolute Gasteiger partial charge is 0.303 e. The molecule has 1 aliphatic rings. The number of hydrogen-bond acceptors (Lipinski definition) is 4. The van der Waals surface area contributed by atoms with Gasteiger partial charge in [0, 0.05) is 29.3 Å². The van der Waals surface area contributed by atoms with Gasteiger partial charge in [-0.15, -0.1) is 0 Å². The number of benzene rings is 1. The van der Waals surface area contributed by atoms with Crippen molar-refractivity contribution in [2.45, 2.75) is 51.9 Å². The predicted molar refractivity (Wildman–Crippen MR) is 107 cm³/mol. The summed E-state index contributed by atoms with van der Waals surface area (Å²) in [5.41, 5.74) is 5.44. The second-order valence-corrected chi connectivity index (χ2v) is 7.82. The molecule has 6 heteroatoms. The highest BCUT2D eigenvalue weighted by Crippen LogP contribution is 2.33. The molecule has 0 amide bonds. The van der Waals surface area contributed by atoms with Crippen LogP contribution in [0.3, 0.4) is 0 Å². The number of aromatic nitrogens is 5. The maximum atomic E-state index is 15.0. The molecule has 0 N–H and O–H groups in total. The van der Waals surface area contributed by atoms with E-state index < -0.39 is 0 Å². The Morgan fingerprint density at radius 3 is 2.61 bits per heavy atom. The van der Waals surface area contributed by atoms with Crippen LogP contribution in [0.2, 0.25) is 0 Å². The van der Waals surface area contributed by atoms with Crippen LogP contribution >= 0.6 is 0 Å². The summed E-state index contributed by atoms with van der Waals surface area (Å²) in [4.78, 5) is 9.10. The molecular formula is C22H22FN5. The quantitative estimate of drug-likeness (QED) is 0.487. The first kappa shape index (κ1) is 17.2. The minimum Gasteiger partial charge on any atom is -0.303 e. The van der Waals surface area contributed by atoms with E-state index in [1.165, 1.54) is 19.3 Å². The molecule has 4 aromatic rings. The molecule has 0 saturated heterocycles. The van der Waals surface area contributed by atoms with Crippen LogP contribution in [0.4, 0.5) is 4.39 Å². The van der Waals surface area contributed by atoms with Gasteiger partial charge >= 0.3 is 0 Å². The fourth-order valence-electron chi connectivity index (χ4n) is 4.31. The molecule has 1 aromatic carbocycles. The first-order valence-electron chi connectivity index (χ1n) is 9.89. The summed E-state index contributed by atoms with van der Waals surface area (Å²) in [7, 11) is 0. The van der Waals surface area contributed by atoms with E-state index in [0.717, 1.165) is 35.6 Å². The van der Waals surface area contributed by atoms with E-state index in [1.54, 1.807) is 6.07 Å². The van der Waals surface area contributed by atoms with Crippen molar-refractivity contribution in [3.05, 3.63) is 53.5 Å². The molecule has 5 nitrogen and oxygen atoms in total. The number of nitrogens with zero attached hydrogens (tertiary/aromatic N) is 5. The second kappa shape index (κ2) is 6.62. The van der Waals surface area contributed by atoms with E-state index in [2.05, 4.69) is 20.2 Å². The first-order valence-corrected chi connectivity index (χ1v) is 9.89. The van der Waals surface area contributed by atoms with Crippen LogP contribution in [0.1, 0.15) is 55.1 Å². The Kier molecular flexibility index (Phi) is 4.07. The van der Waals surface area contributed by atoms with Crippen molar-refractivity contribution in [3.8, 4) is 11.3 Å². The minimum absolute atomic E-state index is 0.275. The summed E-state index contributed by atoms with van der Waals surface area (Å²) >= 11 is 0. The fraction of sp³-hybridized carbons (Fsp3) is 0.364. The Bertz CT molecular complexity index is 1190. The Labute approximate surface area is 162 Å². The molecular weight excluding hydrogens is 353 g/mol. The maximum absolute atomic E-state index is 15.0. The van der Waals surface area contributed by atoms with Gasteiger partial charge in [-0.1, -0.05) is 19.3 Å². The Morgan fingerprint density at radius 2 is 1.79 bits per heavy atom. The third-order valence-electron chi connectivity index (χ3n) is 5.72. The van der Waals surface area contributed by atoms with E-state index >= 15 is 0 Å². The van der Waals surface area contributed by atoms with Crippen LogP contribution in [0.15, 0.2) is 30.6 Å². The van der Waals surface area contributed by atoms with Crippen LogP contribution < -0.4 is 0 Å². The minimum atomic E-state index is -0.275. The molecule has 5 rings (SSSR count). The van der Waals surface area contributed by atoms with Gasteiger partial charge in [0.2, 0.25) is 0 Å². The highest BCUT2D eigenvalue weighted by Gasteiger charge is 2.19. The zero-order chi connectivity index (χ0) is 19.3. The zero-order valence-corrected chi connectivity index (χ0v) is 16.1. The van der Waals surface area contributed by atoms with Gasteiger partial charge in [0.25, 0.3) is 0 Å². The lowest BCUT2D eigenvalue weighted by Crippen LogP contribution is -2.07. The van der Waals surface area contributed by atoms with Gasteiger partial charge < -0.3 is 4.40 Å². The summed E-state index contributed by atoms with van der Waals surface area (Å²) < 4.78 is 16.9. The molecule has 0 spiro atoms. The topological polar surface area (TPSA) is 56.0 Å². The van der Waals surface area contributed by atoms with Crippen molar-refractivity contribution in [2.24, 2.45) is 0 Å². The highest BCUT2D eigenvalue weighted by atomic mass is 19.1. The lowest BCUT2D eigenvalue weighted by atomic mass is 9.86. The van der Waals surface area contributed by atoms with Crippen molar-refractivity contribution < 1.29 is 4.39 Å². The average Bonchev–Trinajstić information content (AvgIpc) is 3.13. The molecule has 142 valence electrons. The normalized spacial score (nSPS) is 15.5. The fourth-order valence-corrected chi connectivity index (χ4v) is 4.31. The third-order valence-corrected chi connectivity index (χ3v) is 5.72. The summed E-state index contributed by atoms with van der Waals surface area (Å²) in [5, 5.41) is 9.31. The Balaban J connectivity index is 1.58. The highest BCUT2D eigenvalue weighted by molar-refractivity contribution is 5.84. The standard InChI is InChI=1S/C22H22FN5/c1-13-11-28-12-21(25-22(28)14(2)24-13)16-8-18(23)17-10-19(26-27-20(17)9-16)15-6-4-3-5-7-15/h8-12,15H,3-7H2,1-2H3. The van der Waals surface area contributed by atoms with Gasteiger partial charge in [-0.05, 0) is 44.9 Å². The van der Waals surface area contributed by atoms with Crippen molar-refractivity contribution in [2.75, 3.05) is 0 Å². The summed E-state index contributed by atoms with van der Waals surface area (Å²) in [6.07, 6.45) is 9.78. The molecule has 0 aliphatic heterocycles. The molecule has 3 heterocycles. The van der Waals surface area contributed by atoms with Crippen LogP contribution in [0.25, 0.3) is 27.8 Å². The number of aryl methyl sites for hydroxylation is 2. The van der Waals surface area contributed by atoms with E-state index in [1.807, 2.05) is 42.8 Å². The van der Waals surface area contributed by atoms with E-state index in [9.17, 15) is 4.39 Å². The molecule has 0 radical (unpaired) electrons. The molecule has 28 heavy (non-hydrogen) atoms. The van der Waals surface area contributed by atoms with Gasteiger partial charge in [0.15, 0.2) is 5.65 Å². The number of imidazole rings is 1. The van der Waals surface area contributed by atoms with Gasteiger partial charge in [0.05, 0.1) is 28.3 Å². The first-order chi connectivity index (χ1) is 13.6. The molecule has 0 unspecified atom stereocenters. The predicted octanol–water partition coefficient (Wildman–Crippen LogP) is 5.14. The molecule has 0 bridgehead atoms. The van der Waals surface area contributed by atoms with Crippen LogP contribution in [0.5, 0.6) is 0 Å². The molecule has 1 saturated carbocycles. The summed E-state index contributed by atoms with van der Waals surface area (Å²) in [6, 6.07) is 5.30. The van der Waals surface area contributed by atoms with Crippen LogP contribution in [-0.4, -0.2) is 24.6 Å². The van der Waals surface area contributed by atoms with Crippen molar-refractivity contribution in [3.63, 3.8) is 0 Å². The lowest BCUT2D eigenvalue weighted by Gasteiger charge is -2.20. The molecule has 1 aliphatic carbocycles. The van der Waals surface area contributed by atoms with E-state index in [-0.39, 0.29) is 5.82 Å². The Hall–Kier alpha value is -2.89. The van der Waals surface area contributed by atoms with Gasteiger partial charge in [-0.2, -0.15) is 10.2 Å². The molecule has 1 fully saturated rings. The molecule has 0 atom stereocenters. The van der Waals surface area contributed by atoms with Crippen molar-refractivity contribution >= 4 is 16.6 Å². The van der Waals surface area contributed by atoms with Crippen LogP contribution in [-0.2, 0) is 0 Å². The van der Waals surface area contributed by atoms with Crippen molar-refractivity contribution in [1.82, 2.24) is 24.6 Å². The smallest absolute Gasteiger partial charge is 0.158 e. The van der Waals surface area contributed by atoms with Crippen molar-refractivity contribution in [1.29, 1.82) is 0 Å². The van der Waals surface area contributed by atoms with Gasteiger partial charge in [-0.3, -0.25) is 4.98 Å². The zero-order valence-electron chi connectivity index (χ0n) is 16.1. The lowest BCUT2D eigenvalue weighted by molar-refractivity contribution is 0.434. The van der Waals surface area contributed by atoms with Gasteiger partial charge in [0.1, 0.15) is 5.82 Å². The Morgan fingerprint density at radius 1 is 0.964 bits per heavy atom. The summed E-state index contributed by atoms with van der Waals surface area (Å²) in [6.45, 7) is 3.87. The summed E-state index contributed by atoms with van der Waals surface area (Å²) in [5.74, 6) is 0.129. The number of fused-ring (bicyclic) bond motifs is 2. The number of halogens is 1. The monoisotopic (exact) mass is 375 g/mol. The average molecular weight is 375 g/mol. The van der Waals surface area contributed by atoms with E-state index in [0.29, 0.717) is 28.1 Å². The third kappa shape index (κ3) is 2.93. The molecule has 3 aromatic heterocycles. The van der Waals surface area contributed by atoms with Crippen LogP contribution in [0, 0.1) is 19.7 Å².